The first kappa shape index (κ1) is 11.5. The minimum atomic E-state index is -5.25. The predicted molar refractivity (Wildman–Crippen MR) is 46.5 cm³/mol. The fourth-order valence-electron chi connectivity index (χ4n) is 1.01. The normalized spacial score (nSPS) is 11.3. The Bertz CT molecular complexity index is 389. The summed E-state index contributed by atoms with van der Waals surface area (Å²) in [5, 5.41) is 0. The van der Waals surface area contributed by atoms with Crippen molar-refractivity contribution in [2.75, 3.05) is 7.11 Å². The van der Waals surface area contributed by atoms with Crippen molar-refractivity contribution in [3.05, 3.63) is 29.6 Å². The van der Waals surface area contributed by atoms with E-state index in [1.54, 1.807) is 0 Å². The number of halogens is 4. The van der Waals surface area contributed by atoms with Crippen LogP contribution in [0.1, 0.15) is 10.4 Å². The molecule has 0 aromatic heterocycles. The Balaban J connectivity index is 3.23. The third-order valence-corrected chi connectivity index (χ3v) is 1.77. The lowest BCUT2D eigenvalue weighted by Crippen LogP contribution is -2.34. The van der Waals surface area contributed by atoms with Crippen LogP contribution in [0.3, 0.4) is 0 Å². The van der Waals surface area contributed by atoms with Crippen LogP contribution in [0.25, 0.3) is 0 Å². The molecular formula is C8H6BF4O2-. The summed E-state index contributed by atoms with van der Waals surface area (Å²) < 4.78 is 53.8. The molecule has 0 saturated heterocycles. The largest absolute Gasteiger partial charge is 0.509 e. The molecule has 0 heterocycles. The van der Waals surface area contributed by atoms with Crippen LogP contribution >= 0.6 is 0 Å². The van der Waals surface area contributed by atoms with Crippen molar-refractivity contribution in [1.29, 1.82) is 0 Å². The van der Waals surface area contributed by atoms with Gasteiger partial charge in [-0.15, -0.1) is 5.46 Å². The summed E-state index contributed by atoms with van der Waals surface area (Å²) in [6, 6.07) is 1.62. The first-order valence-corrected chi connectivity index (χ1v) is 3.94. The van der Waals surface area contributed by atoms with Gasteiger partial charge < -0.3 is 17.7 Å². The SMILES string of the molecule is COC(=O)c1cc([B-](F)(F)F)ccc1F. The standard InChI is InChI=1S/C8H6BF4O2/c1-15-8(14)6-4-5(9(11,12)13)2-3-7(6)10/h2-4H,1H3/q-1. The fraction of sp³-hybridized carbons (Fsp3) is 0.125. The zero-order chi connectivity index (χ0) is 11.6. The molecule has 0 fully saturated rings. The van der Waals surface area contributed by atoms with Crippen LogP contribution < -0.4 is 5.46 Å². The molecule has 0 atom stereocenters. The summed E-state index contributed by atoms with van der Waals surface area (Å²) in [4.78, 5) is 10.9. The second kappa shape index (κ2) is 3.92. The van der Waals surface area contributed by atoms with Gasteiger partial charge in [-0.2, -0.15) is 0 Å². The Labute approximate surface area is 82.9 Å². The average molecular weight is 221 g/mol. The molecule has 0 saturated carbocycles. The van der Waals surface area contributed by atoms with Crippen LogP contribution in [-0.2, 0) is 4.74 Å². The fourth-order valence-corrected chi connectivity index (χ4v) is 1.01. The number of hydrogen-bond donors (Lipinski definition) is 0. The van der Waals surface area contributed by atoms with E-state index >= 15 is 0 Å². The first-order chi connectivity index (χ1) is 6.86. The number of hydrogen-bond acceptors (Lipinski definition) is 2. The van der Waals surface area contributed by atoms with E-state index < -0.39 is 29.8 Å². The molecule has 0 N–H and O–H groups in total. The molecule has 15 heavy (non-hydrogen) atoms. The van der Waals surface area contributed by atoms with E-state index in [1.807, 2.05) is 0 Å². The highest BCUT2D eigenvalue weighted by Gasteiger charge is 2.27. The molecule has 0 aliphatic heterocycles. The smallest absolute Gasteiger partial charge is 0.465 e. The lowest BCUT2D eigenvalue weighted by Gasteiger charge is -2.15. The van der Waals surface area contributed by atoms with Crippen molar-refractivity contribution in [2.45, 2.75) is 0 Å². The van der Waals surface area contributed by atoms with Crippen LogP contribution in [0.15, 0.2) is 18.2 Å². The van der Waals surface area contributed by atoms with Gasteiger partial charge in [0.05, 0.1) is 12.7 Å². The maximum Gasteiger partial charge on any atom is 0.509 e. The lowest BCUT2D eigenvalue weighted by atomic mass is 9.79. The minimum absolute atomic E-state index is 0.446. The topological polar surface area (TPSA) is 26.3 Å². The highest BCUT2D eigenvalue weighted by atomic mass is 19.4. The number of esters is 1. The zero-order valence-corrected chi connectivity index (χ0v) is 7.64. The Morgan fingerprint density at radius 1 is 1.33 bits per heavy atom. The molecule has 0 spiro atoms. The molecule has 0 radical (unpaired) electrons. The molecule has 2 nitrogen and oxygen atoms in total. The number of rotatable bonds is 2. The molecule has 7 heteroatoms. The summed E-state index contributed by atoms with van der Waals surface area (Å²) in [5.74, 6) is -2.17. The van der Waals surface area contributed by atoms with Gasteiger partial charge in [0.2, 0.25) is 0 Å². The quantitative estimate of drug-likeness (QED) is 0.431. The highest BCUT2D eigenvalue weighted by molar-refractivity contribution is 6.73. The average Bonchev–Trinajstić information content (AvgIpc) is 2.15. The second-order valence-corrected chi connectivity index (χ2v) is 2.81. The Hall–Kier alpha value is -1.53. The number of carbonyl (C=O) groups excluding carboxylic acids is 1. The van der Waals surface area contributed by atoms with Crippen molar-refractivity contribution in [3.63, 3.8) is 0 Å². The van der Waals surface area contributed by atoms with Gasteiger partial charge in [-0.1, -0.05) is 12.1 Å². The van der Waals surface area contributed by atoms with Gasteiger partial charge in [0.25, 0.3) is 0 Å². The molecule has 0 bridgehead atoms. The zero-order valence-electron chi connectivity index (χ0n) is 7.64. The van der Waals surface area contributed by atoms with Gasteiger partial charge in [-0.3, -0.25) is 0 Å². The molecule has 82 valence electrons. The van der Waals surface area contributed by atoms with Gasteiger partial charge in [0.15, 0.2) is 0 Å². The summed E-state index contributed by atoms with van der Waals surface area (Å²) in [7, 11) is 0.965. The number of carbonyl (C=O) groups is 1. The van der Waals surface area contributed by atoms with Crippen molar-refractivity contribution >= 4 is 18.4 Å². The maximum atomic E-state index is 12.9. The predicted octanol–water partition coefficient (Wildman–Crippen LogP) is 1.67. The van der Waals surface area contributed by atoms with Crippen molar-refractivity contribution in [1.82, 2.24) is 0 Å². The number of benzene rings is 1. The maximum absolute atomic E-state index is 12.9. The summed E-state index contributed by atoms with van der Waals surface area (Å²) in [6.07, 6.45) is 0. The first-order valence-electron chi connectivity index (χ1n) is 3.94. The van der Waals surface area contributed by atoms with Crippen LogP contribution in [-0.4, -0.2) is 20.1 Å². The minimum Gasteiger partial charge on any atom is -0.465 e. The third kappa shape index (κ3) is 2.48. The Morgan fingerprint density at radius 2 is 1.93 bits per heavy atom. The monoisotopic (exact) mass is 221 g/mol. The van der Waals surface area contributed by atoms with Crippen molar-refractivity contribution in [2.24, 2.45) is 0 Å². The van der Waals surface area contributed by atoms with E-state index in [0.717, 1.165) is 7.11 Å². The molecule has 0 amide bonds. The Morgan fingerprint density at radius 3 is 2.40 bits per heavy atom. The molecular weight excluding hydrogens is 215 g/mol. The number of methoxy groups -OCH3 is 1. The van der Waals surface area contributed by atoms with Gasteiger partial charge in [0.1, 0.15) is 5.82 Å². The number of ether oxygens (including phenoxy) is 1. The van der Waals surface area contributed by atoms with Crippen LogP contribution in [0.2, 0.25) is 0 Å². The van der Waals surface area contributed by atoms with Crippen LogP contribution in [0.4, 0.5) is 17.3 Å². The molecule has 1 aromatic rings. The van der Waals surface area contributed by atoms with Crippen LogP contribution in [0.5, 0.6) is 0 Å². The van der Waals surface area contributed by atoms with Crippen molar-refractivity contribution in [3.8, 4) is 0 Å². The second-order valence-electron chi connectivity index (χ2n) is 2.81. The summed E-state index contributed by atoms with van der Waals surface area (Å²) >= 11 is 0. The third-order valence-electron chi connectivity index (χ3n) is 1.77. The Kier molecular flexibility index (Phi) is 3.02. The van der Waals surface area contributed by atoms with E-state index in [2.05, 4.69) is 4.74 Å². The summed E-state index contributed by atoms with van der Waals surface area (Å²) in [5.41, 5.74) is -1.74. The van der Waals surface area contributed by atoms with E-state index in [0.29, 0.717) is 18.2 Å². The van der Waals surface area contributed by atoms with Crippen molar-refractivity contribution < 1.29 is 26.9 Å². The highest BCUT2D eigenvalue weighted by Crippen LogP contribution is 2.13. The lowest BCUT2D eigenvalue weighted by molar-refractivity contribution is 0.0595. The summed E-state index contributed by atoms with van der Waals surface area (Å²) in [6.45, 7) is -5.25. The van der Waals surface area contributed by atoms with Crippen LogP contribution in [0, 0.1) is 5.82 Å². The molecule has 1 aromatic carbocycles. The van der Waals surface area contributed by atoms with E-state index in [4.69, 9.17) is 0 Å². The van der Waals surface area contributed by atoms with E-state index in [1.165, 1.54) is 0 Å². The van der Waals surface area contributed by atoms with E-state index in [9.17, 15) is 22.1 Å². The molecule has 0 unspecified atom stereocenters. The van der Waals surface area contributed by atoms with Gasteiger partial charge in [-0.05, 0) is 6.07 Å². The molecule has 0 aliphatic carbocycles. The van der Waals surface area contributed by atoms with E-state index in [-0.39, 0.29) is 0 Å². The van der Waals surface area contributed by atoms with Gasteiger partial charge in [0, 0.05) is 0 Å². The molecule has 1 rings (SSSR count). The molecule has 0 aliphatic rings. The van der Waals surface area contributed by atoms with Gasteiger partial charge >= 0.3 is 12.9 Å². The van der Waals surface area contributed by atoms with Gasteiger partial charge in [-0.25, -0.2) is 9.18 Å².